The smallest absolute Gasteiger partial charge is 0.320 e. The Kier molecular flexibility index (Phi) is 5.16. The number of carbonyl (C=O) groups is 3. The van der Waals surface area contributed by atoms with Gasteiger partial charge in [-0.3, -0.25) is 14.4 Å². The summed E-state index contributed by atoms with van der Waals surface area (Å²) in [6, 6.07) is 4.71. The van der Waals surface area contributed by atoms with E-state index in [4.69, 9.17) is 9.47 Å². The Bertz CT molecular complexity index is 951. The lowest BCUT2D eigenvalue weighted by atomic mass is 9.66. The Hall–Kier alpha value is -2.52. The molecule has 1 aromatic carbocycles. The number of fused-ring (bicyclic) bond motifs is 1. The molecule has 1 aliphatic heterocycles. The second-order valence-electron chi connectivity index (χ2n) is 6.90. The van der Waals surface area contributed by atoms with Crippen molar-refractivity contribution in [3.05, 3.63) is 42.0 Å². The minimum atomic E-state index is -4.32. The van der Waals surface area contributed by atoms with Gasteiger partial charge < -0.3 is 9.47 Å². The van der Waals surface area contributed by atoms with E-state index in [1.54, 1.807) is 19.1 Å². The van der Waals surface area contributed by atoms with Crippen molar-refractivity contribution in [3.8, 4) is 0 Å². The quantitative estimate of drug-likeness (QED) is 0.685. The van der Waals surface area contributed by atoms with Crippen LogP contribution in [0.15, 0.2) is 41.3 Å². The first-order valence-corrected chi connectivity index (χ1v) is 10.1. The van der Waals surface area contributed by atoms with E-state index in [1.165, 1.54) is 32.4 Å². The van der Waals surface area contributed by atoms with Crippen LogP contribution in [0.4, 0.5) is 0 Å². The molecule has 0 N–H and O–H groups in total. The molecule has 28 heavy (non-hydrogen) atoms. The molecule has 1 saturated carbocycles. The van der Waals surface area contributed by atoms with Gasteiger partial charge in [-0.1, -0.05) is 23.8 Å². The zero-order valence-corrected chi connectivity index (χ0v) is 16.6. The van der Waals surface area contributed by atoms with Gasteiger partial charge in [-0.2, -0.15) is 0 Å². The standard InChI is InChI=1S/C19H21NO7S/c1-12-4-6-14(7-5-12)28(24,25)20-15-10-13(21)11-16(26-2)19(15,18(23)27-3)9-8-17(20)22/h4-9,15-16H,10-11H2,1-3H3/t15-,16+,19+/m0/s1. The highest BCUT2D eigenvalue weighted by molar-refractivity contribution is 7.89. The molecule has 3 atom stereocenters. The number of ether oxygens (including phenoxy) is 2. The van der Waals surface area contributed by atoms with Crippen molar-refractivity contribution in [3.63, 3.8) is 0 Å². The van der Waals surface area contributed by atoms with E-state index in [9.17, 15) is 22.8 Å². The lowest BCUT2D eigenvalue weighted by molar-refractivity contribution is -0.169. The fraction of sp³-hybridized carbons (Fsp3) is 0.421. The normalized spacial score (nSPS) is 27.5. The van der Waals surface area contributed by atoms with E-state index in [-0.39, 0.29) is 23.5 Å². The van der Waals surface area contributed by atoms with Crippen molar-refractivity contribution in [2.45, 2.75) is 36.8 Å². The number of rotatable bonds is 4. The van der Waals surface area contributed by atoms with Crippen LogP contribution >= 0.6 is 0 Å². The molecule has 0 radical (unpaired) electrons. The number of methoxy groups -OCH3 is 2. The summed E-state index contributed by atoms with van der Waals surface area (Å²) in [6.45, 7) is 1.80. The highest BCUT2D eigenvalue weighted by atomic mass is 32.2. The second kappa shape index (κ2) is 7.14. The molecular weight excluding hydrogens is 386 g/mol. The fourth-order valence-corrected chi connectivity index (χ4v) is 5.48. The maximum Gasteiger partial charge on any atom is 0.320 e. The first kappa shape index (κ1) is 20.2. The van der Waals surface area contributed by atoms with Crippen LogP contribution in [0.25, 0.3) is 0 Å². The third-order valence-corrected chi connectivity index (χ3v) is 7.14. The van der Waals surface area contributed by atoms with Gasteiger partial charge in [0.1, 0.15) is 11.2 Å². The molecule has 0 spiro atoms. The van der Waals surface area contributed by atoms with E-state index in [2.05, 4.69) is 0 Å². The maximum absolute atomic E-state index is 13.3. The number of nitrogens with zero attached hydrogens (tertiary/aromatic N) is 1. The van der Waals surface area contributed by atoms with Crippen LogP contribution in [0.2, 0.25) is 0 Å². The van der Waals surface area contributed by atoms with Crippen molar-refractivity contribution in [2.75, 3.05) is 14.2 Å². The van der Waals surface area contributed by atoms with Crippen LogP contribution in [0, 0.1) is 12.3 Å². The monoisotopic (exact) mass is 407 g/mol. The van der Waals surface area contributed by atoms with Crippen LogP contribution in [-0.4, -0.2) is 56.7 Å². The Labute approximate surface area is 163 Å². The van der Waals surface area contributed by atoms with Crippen molar-refractivity contribution in [1.82, 2.24) is 4.31 Å². The van der Waals surface area contributed by atoms with Crippen LogP contribution < -0.4 is 0 Å². The van der Waals surface area contributed by atoms with Crippen LogP contribution in [-0.2, 0) is 33.9 Å². The van der Waals surface area contributed by atoms with Crippen molar-refractivity contribution >= 4 is 27.7 Å². The molecule has 1 aromatic rings. The Morgan fingerprint density at radius 1 is 1.14 bits per heavy atom. The molecule has 3 rings (SSSR count). The van der Waals surface area contributed by atoms with Crippen LogP contribution in [0.3, 0.4) is 0 Å². The van der Waals surface area contributed by atoms with E-state index in [0.29, 0.717) is 4.31 Å². The largest absolute Gasteiger partial charge is 0.468 e. The lowest BCUT2D eigenvalue weighted by Crippen LogP contribution is -2.65. The average molecular weight is 407 g/mol. The number of carbonyl (C=O) groups excluding carboxylic acids is 3. The average Bonchev–Trinajstić information content (AvgIpc) is 2.66. The molecule has 8 nitrogen and oxygen atoms in total. The van der Waals surface area contributed by atoms with Gasteiger partial charge in [-0.05, 0) is 19.1 Å². The molecule has 1 aliphatic carbocycles. The number of Topliss-reactive ketones (excluding diaryl/α,β-unsaturated/α-hetero) is 1. The van der Waals surface area contributed by atoms with E-state index in [0.717, 1.165) is 11.6 Å². The number of sulfonamides is 1. The zero-order valence-electron chi connectivity index (χ0n) is 15.7. The zero-order chi connectivity index (χ0) is 20.7. The molecule has 0 saturated heterocycles. The first-order chi connectivity index (χ1) is 13.2. The van der Waals surface area contributed by atoms with Gasteiger partial charge in [0.2, 0.25) is 0 Å². The fourth-order valence-electron chi connectivity index (χ4n) is 3.89. The molecule has 9 heteroatoms. The molecule has 0 aromatic heterocycles. The summed E-state index contributed by atoms with van der Waals surface area (Å²) in [5.74, 6) is -1.89. The van der Waals surface area contributed by atoms with E-state index < -0.39 is 39.5 Å². The Morgan fingerprint density at radius 3 is 2.36 bits per heavy atom. The molecule has 2 aliphatic rings. The lowest BCUT2D eigenvalue weighted by Gasteiger charge is -2.49. The number of aryl methyl sites for hydroxylation is 1. The first-order valence-electron chi connectivity index (χ1n) is 8.65. The summed E-state index contributed by atoms with van der Waals surface area (Å²) >= 11 is 0. The third kappa shape index (κ3) is 2.94. The second-order valence-corrected chi connectivity index (χ2v) is 8.71. The van der Waals surface area contributed by atoms with Crippen molar-refractivity contribution in [1.29, 1.82) is 0 Å². The molecule has 150 valence electrons. The van der Waals surface area contributed by atoms with Crippen LogP contribution in [0.5, 0.6) is 0 Å². The van der Waals surface area contributed by atoms with Crippen molar-refractivity contribution < 1.29 is 32.3 Å². The van der Waals surface area contributed by atoms with Gasteiger partial charge in [-0.25, -0.2) is 12.7 Å². The number of ketones is 1. The number of amides is 1. The van der Waals surface area contributed by atoms with Gasteiger partial charge >= 0.3 is 5.97 Å². The number of hydrogen-bond donors (Lipinski definition) is 0. The van der Waals surface area contributed by atoms with Gasteiger partial charge in [0, 0.05) is 26.0 Å². The summed E-state index contributed by atoms with van der Waals surface area (Å²) in [5, 5.41) is 0. The SMILES string of the molecule is COC(=O)[C@]12C=CC(=O)N(S(=O)(=O)c3ccc(C)cc3)[C@H]1CC(=O)C[C@H]2OC. The molecule has 1 heterocycles. The molecule has 0 unspecified atom stereocenters. The predicted molar refractivity (Wildman–Crippen MR) is 97.6 cm³/mol. The van der Waals surface area contributed by atoms with Crippen LogP contribution in [0.1, 0.15) is 18.4 Å². The molecular formula is C19H21NO7S. The van der Waals surface area contributed by atoms with E-state index in [1.807, 2.05) is 0 Å². The summed E-state index contributed by atoms with van der Waals surface area (Å²) < 4.78 is 37.5. The number of benzene rings is 1. The van der Waals surface area contributed by atoms with Gasteiger partial charge in [-0.15, -0.1) is 0 Å². The summed E-state index contributed by atoms with van der Waals surface area (Å²) in [7, 11) is -1.82. The third-order valence-electron chi connectivity index (χ3n) is 5.32. The topological polar surface area (TPSA) is 107 Å². The Balaban J connectivity index is 2.20. The summed E-state index contributed by atoms with van der Waals surface area (Å²) in [4.78, 5) is 37.6. The van der Waals surface area contributed by atoms with Crippen molar-refractivity contribution in [2.24, 2.45) is 5.41 Å². The molecule has 1 fully saturated rings. The van der Waals surface area contributed by atoms with Gasteiger partial charge in [0.15, 0.2) is 0 Å². The highest BCUT2D eigenvalue weighted by Crippen LogP contribution is 2.46. The highest BCUT2D eigenvalue weighted by Gasteiger charge is 2.61. The van der Waals surface area contributed by atoms with Gasteiger partial charge in [0.05, 0.1) is 24.2 Å². The summed E-state index contributed by atoms with van der Waals surface area (Å²) in [6.07, 6.45) is 1.01. The van der Waals surface area contributed by atoms with Gasteiger partial charge in [0.25, 0.3) is 15.9 Å². The Morgan fingerprint density at radius 2 is 1.79 bits per heavy atom. The minimum Gasteiger partial charge on any atom is -0.468 e. The minimum absolute atomic E-state index is 0.0843. The maximum atomic E-state index is 13.3. The predicted octanol–water partition coefficient (Wildman–Crippen LogP) is 0.988. The number of hydrogen-bond acceptors (Lipinski definition) is 7. The van der Waals surface area contributed by atoms with E-state index >= 15 is 0 Å². The molecule has 0 bridgehead atoms. The molecule has 1 amide bonds. The number of esters is 1. The summed E-state index contributed by atoms with van der Waals surface area (Å²) in [5.41, 5.74) is -0.747.